The summed E-state index contributed by atoms with van der Waals surface area (Å²) in [5.41, 5.74) is 3.79. The molecule has 1 fully saturated rings. The van der Waals surface area contributed by atoms with Crippen molar-refractivity contribution >= 4 is 36.4 Å². The van der Waals surface area contributed by atoms with Crippen LogP contribution in [-0.4, -0.2) is 65.7 Å². The maximum Gasteiger partial charge on any atom is 0.159 e. The fourth-order valence-electron chi connectivity index (χ4n) is 4.15. The highest BCUT2D eigenvalue weighted by Gasteiger charge is 2.18. The van der Waals surface area contributed by atoms with Crippen molar-refractivity contribution in [3.8, 4) is 22.6 Å². The van der Waals surface area contributed by atoms with Crippen LogP contribution in [-0.2, 0) is 16.2 Å². The largest absolute Gasteiger partial charge is 0.378 e. The molecular formula is C26H31ClN6O2Si. The number of nitrogens with zero attached hydrogens (tertiary/aromatic N) is 6. The third kappa shape index (κ3) is 5.75. The average Bonchev–Trinajstić information content (AvgIpc) is 3.25. The lowest BCUT2D eigenvalue weighted by atomic mass is 10.1. The Hall–Kier alpha value is -2.85. The van der Waals surface area contributed by atoms with Gasteiger partial charge >= 0.3 is 0 Å². The molecule has 0 atom stereocenters. The Morgan fingerprint density at radius 3 is 2.53 bits per heavy atom. The quantitative estimate of drug-likeness (QED) is 0.228. The molecule has 0 N–H and O–H groups in total. The highest BCUT2D eigenvalue weighted by Crippen LogP contribution is 2.32. The lowest BCUT2D eigenvalue weighted by molar-refractivity contribution is 0.0818. The van der Waals surface area contributed by atoms with Crippen LogP contribution in [0.3, 0.4) is 0 Å². The van der Waals surface area contributed by atoms with E-state index in [1.54, 1.807) is 12.4 Å². The number of hydrogen-bond donors (Lipinski definition) is 0. The SMILES string of the molecule is C[Si](C)(C)CCOCn1nc(-c2ccnc(N3CCOCC3)c2)c2cc(-c3ncc(Cl)cn3)ccc21. The number of fused-ring (bicyclic) bond motifs is 1. The predicted molar refractivity (Wildman–Crippen MR) is 146 cm³/mol. The molecule has 0 bridgehead atoms. The van der Waals surface area contributed by atoms with E-state index in [9.17, 15) is 0 Å². The fourth-order valence-corrected chi connectivity index (χ4v) is 5.01. The number of pyridine rings is 1. The first-order valence-corrected chi connectivity index (χ1v) is 16.3. The van der Waals surface area contributed by atoms with Crippen LogP contribution < -0.4 is 4.90 Å². The smallest absolute Gasteiger partial charge is 0.159 e. The minimum absolute atomic E-state index is 0.402. The Morgan fingerprint density at radius 1 is 1.00 bits per heavy atom. The number of morpholine rings is 1. The van der Waals surface area contributed by atoms with Crippen molar-refractivity contribution in [1.29, 1.82) is 0 Å². The van der Waals surface area contributed by atoms with Gasteiger partial charge < -0.3 is 14.4 Å². The summed E-state index contributed by atoms with van der Waals surface area (Å²) >= 11 is 6.00. The van der Waals surface area contributed by atoms with E-state index >= 15 is 0 Å². The van der Waals surface area contributed by atoms with Gasteiger partial charge in [0.05, 0.1) is 23.8 Å². The number of benzene rings is 1. The van der Waals surface area contributed by atoms with Crippen molar-refractivity contribution in [3.05, 3.63) is 53.9 Å². The monoisotopic (exact) mass is 522 g/mol. The number of ether oxygens (including phenoxy) is 2. The Morgan fingerprint density at radius 2 is 1.78 bits per heavy atom. The second-order valence-electron chi connectivity index (χ2n) is 10.2. The van der Waals surface area contributed by atoms with Gasteiger partial charge in [0.1, 0.15) is 18.2 Å². The first-order chi connectivity index (χ1) is 17.4. The third-order valence-corrected chi connectivity index (χ3v) is 8.09. The van der Waals surface area contributed by atoms with Crippen molar-refractivity contribution < 1.29 is 9.47 Å². The molecule has 4 aromatic rings. The van der Waals surface area contributed by atoms with Crippen LogP contribution in [0.5, 0.6) is 0 Å². The molecule has 0 amide bonds. The second-order valence-corrected chi connectivity index (χ2v) is 16.2. The molecule has 0 aliphatic carbocycles. The maximum atomic E-state index is 6.06. The molecule has 10 heteroatoms. The van der Waals surface area contributed by atoms with Crippen LogP contribution in [0.2, 0.25) is 30.7 Å². The zero-order valence-electron chi connectivity index (χ0n) is 20.9. The van der Waals surface area contributed by atoms with Crippen molar-refractivity contribution in [2.75, 3.05) is 37.8 Å². The Labute approximate surface area is 217 Å². The van der Waals surface area contributed by atoms with Gasteiger partial charge in [0.25, 0.3) is 0 Å². The molecule has 1 aliphatic rings. The van der Waals surface area contributed by atoms with Crippen LogP contribution >= 0.6 is 11.6 Å². The van der Waals surface area contributed by atoms with Gasteiger partial charge in [-0.15, -0.1) is 0 Å². The Bertz CT molecular complexity index is 1330. The predicted octanol–water partition coefficient (Wildman–Crippen LogP) is 5.36. The fraction of sp³-hybridized carbons (Fsp3) is 0.385. The van der Waals surface area contributed by atoms with Crippen molar-refractivity contribution in [2.24, 2.45) is 0 Å². The van der Waals surface area contributed by atoms with Crippen LogP contribution in [0, 0.1) is 0 Å². The molecule has 188 valence electrons. The second kappa shape index (κ2) is 10.6. The standard InChI is InChI=1S/C26H31ClN6O2Si/c1-36(2,3)13-12-35-18-33-23-5-4-20(26-29-16-21(27)17-30-26)14-22(23)25(31-33)19-6-7-28-24(15-19)32-8-10-34-11-9-32/h4-7,14-17H,8-13,18H2,1-3H3. The van der Waals surface area contributed by atoms with Crippen LogP contribution in [0.4, 0.5) is 5.82 Å². The highest BCUT2D eigenvalue weighted by molar-refractivity contribution is 6.76. The van der Waals surface area contributed by atoms with Gasteiger partial charge in [0, 0.05) is 62.9 Å². The van der Waals surface area contributed by atoms with E-state index in [-0.39, 0.29) is 0 Å². The minimum atomic E-state index is -1.17. The molecule has 0 radical (unpaired) electrons. The number of aromatic nitrogens is 5. The van der Waals surface area contributed by atoms with Gasteiger partial charge in [-0.25, -0.2) is 19.6 Å². The van der Waals surface area contributed by atoms with Crippen LogP contribution in [0.15, 0.2) is 48.9 Å². The summed E-state index contributed by atoms with van der Waals surface area (Å²) in [6, 6.07) is 11.4. The normalized spacial score (nSPS) is 14.5. The molecular weight excluding hydrogens is 492 g/mol. The summed E-state index contributed by atoms with van der Waals surface area (Å²) < 4.78 is 13.5. The molecule has 36 heavy (non-hydrogen) atoms. The number of halogens is 1. The molecule has 1 aromatic carbocycles. The van der Waals surface area contributed by atoms with Gasteiger partial charge in [-0.2, -0.15) is 5.10 Å². The van der Waals surface area contributed by atoms with Gasteiger partial charge in [0.15, 0.2) is 5.82 Å². The summed E-state index contributed by atoms with van der Waals surface area (Å²) in [5.74, 6) is 1.55. The molecule has 8 nitrogen and oxygen atoms in total. The van der Waals surface area contributed by atoms with Gasteiger partial charge in [-0.1, -0.05) is 31.2 Å². The molecule has 0 unspecified atom stereocenters. The molecule has 0 saturated carbocycles. The molecule has 1 aliphatic heterocycles. The van der Waals surface area contributed by atoms with Crippen molar-refractivity contribution in [2.45, 2.75) is 32.4 Å². The molecule has 1 saturated heterocycles. The highest BCUT2D eigenvalue weighted by atomic mass is 35.5. The lowest BCUT2D eigenvalue weighted by Crippen LogP contribution is -2.36. The topological polar surface area (TPSA) is 78.2 Å². The Balaban J connectivity index is 1.52. The van der Waals surface area contributed by atoms with E-state index in [1.165, 1.54) is 0 Å². The van der Waals surface area contributed by atoms with E-state index < -0.39 is 8.07 Å². The summed E-state index contributed by atoms with van der Waals surface area (Å²) in [6.45, 7) is 11.3. The summed E-state index contributed by atoms with van der Waals surface area (Å²) in [5, 5.41) is 6.52. The van der Waals surface area contributed by atoms with Crippen LogP contribution in [0.25, 0.3) is 33.5 Å². The van der Waals surface area contributed by atoms with Gasteiger partial charge in [-0.05, 0) is 36.4 Å². The summed E-state index contributed by atoms with van der Waals surface area (Å²) in [6.07, 6.45) is 5.08. The van der Waals surface area contributed by atoms with E-state index in [0.717, 1.165) is 59.3 Å². The third-order valence-electron chi connectivity index (χ3n) is 6.19. The van der Waals surface area contributed by atoms with E-state index in [2.05, 4.69) is 57.7 Å². The van der Waals surface area contributed by atoms with Crippen molar-refractivity contribution in [3.63, 3.8) is 0 Å². The number of anilines is 1. The summed E-state index contributed by atoms with van der Waals surface area (Å²) in [4.78, 5) is 15.7. The van der Waals surface area contributed by atoms with E-state index in [4.69, 9.17) is 26.2 Å². The van der Waals surface area contributed by atoms with E-state index in [0.29, 0.717) is 30.8 Å². The molecule has 3 aromatic heterocycles. The first-order valence-electron chi connectivity index (χ1n) is 12.2. The van der Waals surface area contributed by atoms with Gasteiger partial charge in [-0.3, -0.25) is 0 Å². The Kier molecular flexibility index (Phi) is 7.33. The molecule has 5 rings (SSSR count). The lowest BCUT2D eigenvalue weighted by Gasteiger charge is -2.27. The molecule has 0 spiro atoms. The van der Waals surface area contributed by atoms with Crippen molar-refractivity contribution in [1.82, 2.24) is 24.7 Å². The number of rotatable bonds is 8. The zero-order chi connectivity index (χ0) is 25.1. The zero-order valence-corrected chi connectivity index (χ0v) is 22.7. The average molecular weight is 523 g/mol. The number of hydrogen-bond acceptors (Lipinski definition) is 7. The molecule has 4 heterocycles. The van der Waals surface area contributed by atoms with Gasteiger partial charge in [0.2, 0.25) is 0 Å². The van der Waals surface area contributed by atoms with Crippen LogP contribution in [0.1, 0.15) is 0 Å². The maximum absolute atomic E-state index is 6.06. The summed E-state index contributed by atoms with van der Waals surface area (Å²) in [7, 11) is -1.17. The first kappa shape index (κ1) is 24.8. The van der Waals surface area contributed by atoms with E-state index in [1.807, 2.05) is 23.0 Å². The minimum Gasteiger partial charge on any atom is -0.378 e.